The summed E-state index contributed by atoms with van der Waals surface area (Å²) in [6.07, 6.45) is -2.52. The number of rotatable bonds is 23. The summed E-state index contributed by atoms with van der Waals surface area (Å²) in [6.45, 7) is 2.63. The number of fused-ring (bicyclic) bond motifs is 1. The quantitative estimate of drug-likeness (QED) is 0.0495. The molecular weight excluding hydrogens is 724 g/mol. The Morgan fingerprint density at radius 1 is 0.673 bits per heavy atom. The number of carboxylic acids is 2. The Bertz CT molecular complexity index is 1740. The molecule has 7 amide bonds. The number of primary amides is 1. The van der Waals surface area contributed by atoms with Crippen LogP contribution in [0.4, 0.5) is 0 Å². The van der Waals surface area contributed by atoms with E-state index in [-0.39, 0.29) is 26.0 Å². The second-order valence-electron chi connectivity index (χ2n) is 12.9. The van der Waals surface area contributed by atoms with E-state index in [1.54, 1.807) is 38.1 Å². The van der Waals surface area contributed by atoms with Gasteiger partial charge in [-0.1, -0.05) is 56.3 Å². The number of amides is 7. The van der Waals surface area contributed by atoms with Crippen molar-refractivity contribution >= 4 is 64.1 Å². The molecule has 20 nitrogen and oxygen atoms in total. The summed E-state index contributed by atoms with van der Waals surface area (Å²) in [7, 11) is 0. The first-order chi connectivity index (χ1) is 25.9. The van der Waals surface area contributed by atoms with Gasteiger partial charge in [0, 0.05) is 19.6 Å². The first kappa shape index (κ1) is 45.0. The van der Waals surface area contributed by atoms with Crippen molar-refractivity contribution in [2.45, 2.75) is 76.2 Å². The second kappa shape index (κ2) is 22.2. The van der Waals surface area contributed by atoms with Gasteiger partial charge >= 0.3 is 11.9 Å². The maximum atomic E-state index is 13.7. The molecule has 2 aromatic carbocycles. The first-order valence-corrected chi connectivity index (χ1v) is 17.2. The lowest BCUT2D eigenvalue weighted by atomic mass is 10.00. The van der Waals surface area contributed by atoms with Crippen molar-refractivity contribution < 1.29 is 58.5 Å². The third kappa shape index (κ3) is 15.8. The zero-order chi connectivity index (χ0) is 41.2. The molecule has 5 atom stereocenters. The van der Waals surface area contributed by atoms with E-state index >= 15 is 0 Å². The highest BCUT2D eigenvalue weighted by Crippen LogP contribution is 2.17. The minimum Gasteiger partial charge on any atom is -0.481 e. The third-order valence-electron chi connectivity index (χ3n) is 8.00. The van der Waals surface area contributed by atoms with Crippen LogP contribution in [0.3, 0.4) is 0 Å². The molecule has 0 unspecified atom stereocenters. The molecule has 0 aromatic heterocycles. The molecular formula is C35H48N8O12. The normalized spacial score (nSPS) is 13.6. The molecule has 55 heavy (non-hydrogen) atoms. The molecule has 300 valence electrons. The topological polar surface area (TPSA) is 339 Å². The molecule has 20 heteroatoms. The van der Waals surface area contributed by atoms with Gasteiger partial charge in [0.25, 0.3) is 0 Å². The van der Waals surface area contributed by atoms with Crippen molar-refractivity contribution in [1.82, 2.24) is 31.9 Å². The Kier molecular flexibility index (Phi) is 18.1. The highest BCUT2D eigenvalue weighted by atomic mass is 16.4. The predicted octanol–water partition coefficient (Wildman–Crippen LogP) is -3.26. The summed E-state index contributed by atoms with van der Waals surface area (Å²) in [5.74, 6) is -10.4. The summed E-state index contributed by atoms with van der Waals surface area (Å²) in [5, 5.41) is 43.1. The largest absolute Gasteiger partial charge is 0.481 e. The summed E-state index contributed by atoms with van der Waals surface area (Å²) in [5.41, 5.74) is 11.6. The lowest BCUT2D eigenvalue weighted by Gasteiger charge is -2.27. The van der Waals surface area contributed by atoms with Gasteiger partial charge in [-0.15, -0.1) is 0 Å². The highest BCUT2D eigenvalue weighted by Gasteiger charge is 2.34. The number of benzene rings is 2. The van der Waals surface area contributed by atoms with Gasteiger partial charge in [-0.05, 0) is 28.7 Å². The van der Waals surface area contributed by atoms with Crippen LogP contribution in [-0.4, -0.2) is 119 Å². The number of hydrogen-bond donors (Lipinski definition) is 11. The third-order valence-corrected chi connectivity index (χ3v) is 8.00. The van der Waals surface area contributed by atoms with Gasteiger partial charge in [0.1, 0.15) is 24.2 Å². The molecule has 2 aromatic rings. The molecule has 2 rings (SSSR count). The molecule has 13 N–H and O–H groups in total. The van der Waals surface area contributed by atoms with Crippen LogP contribution in [0.2, 0.25) is 0 Å². The van der Waals surface area contributed by atoms with E-state index in [2.05, 4.69) is 31.9 Å². The lowest BCUT2D eigenvalue weighted by molar-refractivity contribution is -0.142. The number of carbonyl (C=O) groups excluding carboxylic acids is 7. The predicted molar refractivity (Wildman–Crippen MR) is 194 cm³/mol. The number of aliphatic hydroxyl groups excluding tert-OH is 1. The smallest absolute Gasteiger partial charge is 0.305 e. The molecule has 0 spiro atoms. The van der Waals surface area contributed by atoms with Crippen molar-refractivity contribution in [3.8, 4) is 0 Å². The van der Waals surface area contributed by atoms with E-state index in [1.165, 1.54) is 0 Å². The van der Waals surface area contributed by atoms with Crippen LogP contribution in [0, 0.1) is 5.92 Å². The van der Waals surface area contributed by atoms with Crippen LogP contribution in [0.25, 0.3) is 10.8 Å². The van der Waals surface area contributed by atoms with Crippen molar-refractivity contribution in [2.24, 2.45) is 17.4 Å². The molecule has 0 bridgehead atoms. The van der Waals surface area contributed by atoms with E-state index in [0.29, 0.717) is 5.56 Å². The average Bonchev–Trinajstić information content (AvgIpc) is 3.10. The molecule has 0 heterocycles. The van der Waals surface area contributed by atoms with Gasteiger partial charge in [0.15, 0.2) is 0 Å². The number of nitrogens with one attached hydrogen (secondary N) is 6. The monoisotopic (exact) mass is 772 g/mol. The number of aliphatic carboxylic acids is 2. The van der Waals surface area contributed by atoms with Gasteiger partial charge in [-0.25, -0.2) is 0 Å². The van der Waals surface area contributed by atoms with Gasteiger partial charge in [-0.3, -0.25) is 43.2 Å². The summed E-state index contributed by atoms with van der Waals surface area (Å²) in [6, 6.07) is 4.42. The fourth-order valence-electron chi connectivity index (χ4n) is 5.14. The molecule has 0 aliphatic rings. The van der Waals surface area contributed by atoms with Crippen LogP contribution in [-0.2, 0) is 49.6 Å². The second-order valence-corrected chi connectivity index (χ2v) is 12.9. The van der Waals surface area contributed by atoms with Crippen LogP contribution < -0.4 is 43.4 Å². The molecule has 0 aliphatic heterocycles. The van der Waals surface area contributed by atoms with E-state index in [1.807, 2.05) is 18.2 Å². The molecule has 0 radical (unpaired) electrons. The van der Waals surface area contributed by atoms with E-state index in [4.69, 9.17) is 21.7 Å². The maximum Gasteiger partial charge on any atom is 0.305 e. The van der Waals surface area contributed by atoms with Gasteiger partial charge in [0.05, 0.1) is 31.8 Å². The van der Waals surface area contributed by atoms with E-state index in [9.17, 15) is 48.3 Å². The zero-order valence-corrected chi connectivity index (χ0v) is 30.3. The molecule has 0 saturated carbocycles. The number of aliphatic hydroxyl groups is 1. The Labute approximate surface area is 315 Å². The SMILES string of the molecule is CC(C)[C@H](NC(=O)[C@H](CC(=O)O)NC(=O)[C@H](CC(N)=O)NC(=O)[C@H](Cc1ccc2ccccc2c1)NC(=O)[C@@H](N)CC(=O)O)C(=O)NCC(=O)NCCCO. The molecule has 0 aliphatic carbocycles. The van der Waals surface area contributed by atoms with Crippen LogP contribution in [0.15, 0.2) is 42.5 Å². The van der Waals surface area contributed by atoms with Crippen LogP contribution in [0.5, 0.6) is 0 Å². The fraction of sp³-hybridized carbons (Fsp3) is 0.457. The minimum atomic E-state index is -1.85. The van der Waals surface area contributed by atoms with E-state index in [0.717, 1.165) is 10.8 Å². The number of hydrogen-bond acceptors (Lipinski definition) is 11. The van der Waals surface area contributed by atoms with Crippen LogP contribution >= 0.6 is 0 Å². The Morgan fingerprint density at radius 3 is 1.82 bits per heavy atom. The Morgan fingerprint density at radius 2 is 1.24 bits per heavy atom. The fourth-order valence-corrected chi connectivity index (χ4v) is 5.14. The Balaban J connectivity index is 2.30. The highest BCUT2D eigenvalue weighted by molar-refractivity contribution is 5.99. The van der Waals surface area contributed by atoms with Gasteiger partial charge in [0.2, 0.25) is 41.4 Å². The summed E-state index contributed by atoms with van der Waals surface area (Å²) < 4.78 is 0. The van der Waals surface area contributed by atoms with E-state index < -0.39 is 115 Å². The van der Waals surface area contributed by atoms with Crippen molar-refractivity contribution in [2.75, 3.05) is 19.7 Å². The standard InChI is InChI=1S/C35H48N8O12/c1-18(2)30(35(55)39-17-27(46)38-10-5-11-44)43-34(54)25(16-29(49)50)42-33(53)24(15-26(37)45)41-32(52)23(40-31(51)22(36)14-28(47)48)13-19-8-9-20-6-3-4-7-21(20)12-19/h3-4,6-9,12,18,22-25,30,44H,5,10-11,13-17,36H2,1-2H3,(H2,37,45)(H,38,46)(H,39,55)(H,40,51)(H,41,52)(H,42,53)(H,43,54)(H,47,48)(H,49,50)/t22-,23-,24-,25-,30-/m0/s1. The molecule has 0 fully saturated rings. The maximum absolute atomic E-state index is 13.7. The lowest BCUT2D eigenvalue weighted by Crippen LogP contribution is -2.60. The number of nitrogens with two attached hydrogens (primary N) is 2. The zero-order valence-electron chi connectivity index (χ0n) is 30.3. The van der Waals surface area contributed by atoms with Gasteiger partial charge < -0.3 is 58.7 Å². The first-order valence-electron chi connectivity index (χ1n) is 17.2. The Hall–Kier alpha value is -6.15. The average molecular weight is 773 g/mol. The van der Waals surface area contributed by atoms with Crippen LogP contribution in [0.1, 0.15) is 45.1 Å². The summed E-state index contributed by atoms with van der Waals surface area (Å²) in [4.78, 5) is 113. The minimum absolute atomic E-state index is 0.157. The summed E-state index contributed by atoms with van der Waals surface area (Å²) >= 11 is 0. The van der Waals surface area contributed by atoms with Crippen molar-refractivity contribution in [3.05, 3.63) is 48.0 Å². The number of carboxylic acid groups (broad SMARTS) is 2. The van der Waals surface area contributed by atoms with Gasteiger partial charge in [-0.2, -0.15) is 0 Å². The van der Waals surface area contributed by atoms with Crippen molar-refractivity contribution in [3.63, 3.8) is 0 Å². The molecule has 0 saturated heterocycles. The van der Waals surface area contributed by atoms with Crippen molar-refractivity contribution in [1.29, 1.82) is 0 Å². The number of carbonyl (C=O) groups is 9.